The number of Topliss-reactive ketones (excluding diaryl/α,β-unsaturated/α-hetero) is 1. The van der Waals surface area contributed by atoms with Gasteiger partial charge < -0.3 is 10.2 Å². The summed E-state index contributed by atoms with van der Waals surface area (Å²) in [6.45, 7) is 4.72. The summed E-state index contributed by atoms with van der Waals surface area (Å²) in [6, 6.07) is 0. The number of carbonyl (C=O) groups excluding carboxylic acids is 1. The van der Waals surface area contributed by atoms with Crippen LogP contribution in [-0.2, 0) is 4.79 Å². The summed E-state index contributed by atoms with van der Waals surface area (Å²) in [4.78, 5) is 10.8. The highest BCUT2D eigenvalue weighted by Crippen LogP contribution is 1.99. The van der Waals surface area contributed by atoms with E-state index in [1.54, 1.807) is 0 Å². The van der Waals surface area contributed by atoms with Gasteiger partial charge in [-0.2, -0.15) is 0 Å². The Kier molecular flexibility index (Phi) is 3.91. The van der Waals surface area contributed by atoms with Gasteiger partial charge in [0, 0.05) is 13.0 Å². The number of aliphatic hydroxyl groups is 2. The molecule has 0 rings (SSSR count). The first-order valence-corrected chi connectivity index (χ1v) is 3.08. The summed E-state index contributed by atoms with van der Waals surface area (Å²) < 4.78 is 0. The number of rotatable bonds is 4. The number of hydrogen-bond acceptors (Lipinski definition) is 3. The molecule has 1 unspecified atom stereocenters. The van der Waals surface area contributed by atoms with Crippen molar-refractivity contribution < 1.29 is 15.0 Å². The first-order valence-electron chi connectivity index (χ1n) is 3.08. The van der Waals surface area contributed by atoms with E-state index in [1.807, 2.05) is 0 Å². The Morgan fingerprint density at radius 1 is 1.70 bits per heavy atom. The Labute approximate surface area is 60.0 Å². The van der Waals surface area contributed by atoms with Crippen LogP contribution in [0, 0.1) is 0 Å². The zero-order valence-corrected chi connectivity index (χ0v) is 6.00. The third-order valence-electron chi connectivity index (χ3n) is 1.13. The zero-order chi connectivity index (χ0) is 8.15. The number of ketones is 1. The van der Waals surface area contributed by atoms with Crippen LogP contribution < -0.4 is 0 Å². The molecule has 0 saturated heterocycles. The molecule has 1 atom stereocenters. The largest absolute Gasteiger partial charge is 0.396 e. The van der Waals surface area contributed by atoms with Crippen LogP contribution in [0.2, 0.25) is 0 Å². The minimum Gasteiger partial charge on any atom is -0.396 e. The summed E-state index contributed by atoms with van der Waals surface area (Å²) in [6.07, 6.45) is -0.992. The molecule has 0 saturated carbocycles. The Balaban J connectivity index is 3.82. The van der Waals surface area contributed by atoms with Crippen LogP contribution >= 0.6 is 0 Å². The Hall–Kier alpha value is -0.670. The van der Waals surface area contributed by atoms with Crippen molar-refractivity contribution in [3.63, 3.8) is 0 Å². The van der Waals surface area contributed by atoms with E-state index in [2.05, 4.69) is 6.58 Å². The minimum absolute atomic E-state index is 0.0890. The lowest BCUT2D eigenvalue weighted by Crippen LogP contribution is -2.21. The molecule has 0 aliphatic rings. The fraction of sp³-hybridized carbons (Fsp3) is 0.571. The summed E-state index contributed by atoms with van der Waals surface area (Å²) in [5, 5.41) is 17.2. The molecule has 2 N–H and O–H groups in total. The van der Waals surface area contributed by atoms with Crippen molar-refractivity contribution in [2.75, 3.05) is 6.61 Å². The second kappa shape index (κ2) is 4.19. The normalized spacial score (nSPS) is 12.7. The first-order chi connectivity index (χ1) is 4.59. The minimum atomic E-state index is -1.08. The molecule has 10 heavy (non-hydrogen) atoms. The van der Waals surface area contributed by atoms with Crippen molar-refractivity contribution in [3.05, 3.63) is 12.2 Å². The van der Waals surface area contributed by atoms with E-state index >= 15 is 0 Å². The number of hydrogen-bond donors (Lipinski definition) is 2. The van der Waals surface area contributed by atoms with E-state index < -0.39 is 11.9 Å². The molecule has 0 fully saturated rings. The fourth-order valence-corrected chi connectivity index (χ4v) is 0.538. The van der Waals surface area contributed by atoms with Crippen molar-refractivity contribution in [1.29, 1.82) is 0 Å². The molecule has 3 heteroatoms. The van der Waals surface area contributed by atoms with Crippen LogP contribution in [0.15, 0.2) is 12.2 Å². The number of carbonyl (C=O) groups is 1. The van der Waals surface area contributed by atoms with Gasteiger partial charge in [-0.05, 0) is 12.5 Å². The highest BCUT2D eigenvalue weighted by atomic mass is 16.3. The zero-order valence-electron chi connectivity index (χ0n) is 6.00. The van der Waals surface area contributed by atoms with Crippen LogP contribution in [0.1, 0.15) is 13.3 Å². The van der Waals surface area contributed by atoms with Gasteiger partial charge in [0.15, 0.2) is 5.78 Å². The molecule has 0 aromatic carbocycles. The molecule has 0 aliphatic carbocycles. The monoisotopic (exact) mass is 144 g/mol. The van der Waals surface area contributed by atoms with Gasteiger partial charge in [0.05, 0.1) is 0 Å². The smallest absolute Gasteiger partial charge is 0.186 e. The van der Waals surface area contributed by atoms with Crippen molar-refractivity contribution in [2.45, 2.75) is 19.4 Å². The maximum Gasteiger partial charge on any atom is 0.186 e. The Morgan fingerprint density at radius 3 is 2.50 bits per heavy atom. The van der Waals surface area contributed by atoms with E-state index in [0.29, 0.717) is 5.57 Å². The van der Waals surface area contributed by atoms with E-state index in [-0.39, 0.29) is 13.0 Å². The van der Waals surface area contributed by atoms with Crippen molar-refractivity contribution in [2.24, 2.45) is 0 Å². The topological polar surface area (TPSA) is 57.5 Å². The van der Waals surface area contributed by atoms with Gasteiger partial charge in [0.1, 0.15) is 6.10 Å². The Bertz CT molecular complexity index is 140. The summed E-state index contributed by atoms with van der Waals surface area (Å²) in [7, 11) is 0. The third-order valence-corrected chi connectivity index (χ3v) is 1.13. The van der Waals surface area contributed by atoms with Crippen LogP contribution in [0.25, 0.3) is 0 Å². The first kappa shape index (κ1) is 9.33. The highest BCUT2D eigenvalue weighted by Gasteiger charge is 2.13. The van der Waals surface area contributed by atoms with Crippen LogP contribution in [0.5, 0.6) is 0 Å². The van der Waals surface area contributed by atoms with E-state index in [1.165, 1.54) is 6.92 Å². The molecule has 0 aliphatic heterocycles. The Morgan fingerprint density at radius 2 is 2.20 bits per heavy atom. The highest BCUT2D eigenvalue weighted by molar-refractivity contribution is 5.97. The van der Waals surface area contributed by atoms with E-state index in [4.69, 9.17) is 10.2 Å². The average molecular weight is 144 g/mol. The van der Waals surface area contributed by atoms with Gasteiger partial charge in [-0.15, -0.1) is 0 Å². The van der Waals surface area contributed by atoms with Gasteiger partial charge in [-0.25, -0.2) is 0 Å². The third kappa shape index (κ3) is 2.75. The lowest BCUT2D eigenvalue weighted by molar-refractivity contribution is -0.123. The van der Waals surface area contributed by atoms with Crippen molar-refractivity contribution in [1.82, 2.24) is 0 Å². The maximum atomic E-state index is 10.8. The lowest BCUT2D eigenvalue weighted by atomic mass is 10.1. The van der Waals surface area contributed by atoms with Crippen molar-refractivity contribution >= 4 is 5.78 Å². The van der Waals surface area contributed by atoms with Gasteiger partial charge in [0.25, 0.3) is 0 Å². The van der Waals surface area contributed by atoms with E-state index in [9.17, 15) is 4.79 Å². The average Bonchev–Trinajstić information content (AvgIpc) is 1.87. The van der Waals surface area contributed by atoms with E-state index in [0.717, 1.165) is 0 Å². The number of aliphatic hydroxyl groups excluding tert-OH is 2. The maximum absolute atomic E-state index is 10.8. The molecule has 0 aromatic heterocycles. The van der Waals surface area contributed by atoms with Crippen LogP contribution in [-0.4, -0.2) is 28.7 Å². The molecule has 58 valence electrons. The lowest BCUT2D eigenvalue weighted by Gasteiger charge is -2.05. The molecular formula is C7H12O3. The van der Waals surface area contributed by atoms with Crippen molar-refractivity contribution in [3.8, 4) is 0 Å². The summed E-state index contributed by atoms with van der Waals surface area (Å²) >= 11 is 0. The summed E-state index contributed by atoms with van der Waals surface area (Å²) in [5.74, 6) is -0.394. The fourth-order valence-electron chi connectivity index (χ4n) is 0.538. The van der Waals surface area contributed by atoms with Crippen LogP contribution in [0.4, 0.5) is 0 Å². The molecule has 0 heterocycles. The van der Waals surface area contributed by atoms with Gasteiger partial charge >= 0.3 is 0 Å². The van der Waals surface area contributed by atoms with Gasteiger partial charge in [-0.3, -0.25) is 4.79 Å². The molecule has 3 nitrogen and oxygen atoms in total. The molecule has 0 aromatic rings. The predicted molar refractivity (Wildman–Crippen MR) is 37.5 cm³/mol. The van der Waals surface area contributed by atoms with Gasteiger partial charge in [0.2, 0.25) is 0 Å². The standard InChI is InChI=1S/C7H12O3/c1-5(2)7(10)6(9)3-4-8/h6,8-9H,1,3-4H2,2H3. The summed E-state index contributed by atoms with van der Waals surface area (Å²) in [5.41, 5.74) is 0.320. The van der Waals surface area contributed by atoms with Gasteiger partial charge in [-0.1, -0.05) is 6.58 Å². The van der Waals surface area contributed by atoms with Crippen LogP contribution in [0.3, 0.4) is 0 Å². The molecular weight excluding hydrogens is 132 g/mol. The molecule has 0 amide bonds. The molecule has 0 spiro atoms. The SMILES string of the molecule is C=C(C)C(=O)C(O)CCO. The molecule has 0 radical (unpaired) electrons. The quantitative estimate of drug-likeness (QED) is 0.540. The predicted octanol–water partition coefficient (Wildman–Crippen LogP) is -0.125. The molecule has 0 bridgehead atoms. The second-order valence-corrected chi connectivity index (χ2v) is 2.17. The second-order valence-electron chi connectivity index (χ2n) is 2.17.